The molecule has 1 heterocycles. The number of halogens is 1. The minimum atomic E-state index is -0.613. The predicted octanol–water partition coefficient (Wildman–Crippen LogP) is 3.54. The van der Waals surface area contributed by atoms with Crippen molar-refractivity contribution in [1.29, 1.82) is 0 Å². The van der Waals surface area contributed by atoms with Gasteiger partial charge in [0.05, 0.1) is 38.9 Å². The van der Waals surface area contributed by atoms with E-state index in [2.05, 4.69) is 4.90 Å². The van der Waals surface area contributed by atoms with Crippen LogP contribution in [0.2, 0.25) is 0 Å². The number of Topliss-reactive ketones (excluding diaryl/α,β-unsaturated/α-hetero) is 2. The van der Waals surface area contributed by atoms with Gasteiger partial charge in [-0.2, -0.15) is 0 Å². The minimum absolute atomic E-state index is 0. The molecule has 2 atom stereocenters. The quantitative estimate of drug-likeness (QED) is 0.527. The van der Waals surface area contributed by atoms with Crippen LogP contribution >= 0.6 is 12.4 Å². The molecular formula is C21H30ClNO5. The van der Waals surface area contributed by atoms with Gasteiger partial charge in [-0.3, -0.25) is 14.5 Å². The molecule has 156 valence electrons. The number of nitrogens with zero attached hydrogens (tertiary/aromatic N) is 1. The van der Waals surface area contributed by atoms with Gasteiger partial charge in [-0.15, -0.1) is 12.4 Å². The Morgan fingerprint density at radius 3 is 2.21 bits per heavy atom. The summed E-state index contributed by atoms with van der Waals surface area (Å²) in [6, 6.07) is 3.23. The van der Waals surface area contributed by atoms with Gasteiger partial charge in [0.1, 0.15) is 0 Å². The molecule has 3 rings (SSSR count). The molecule has 7 heteroatoms. The van der Waals surface area contributed by atoms with Crippen molar-refractivity contribution in [2.45, 2.75) is 44.6 Å². The highest BCUT2D eigenvalue weighted by Crippen LogP contribution is 2.41. The first-order valence-corrected chi connectivity index (χ1v) is 9.73. The average Bonchev–Trinajstić information content (AvgIpc) is 2.72. The van der Waals surface area contributed by atoms with E-state index in [1.165, 1.54) is 27.8 Å². The molecule has 1 saturated carbocycles. The Balaban J connectivity index is 0.00000280. The normalized spacial score (nSPS) is 22.9. The second-order valence-electron chi connectivity index (χ2n) is 7.24. The molecule has 1 aliphatic heterocycles. The molecule has 2 fully saturated rings. The molecule has 1 aromatic rings. The van der Waals surface area contributed by atoms with Gasteiger partial charge in [0.2, 0.25) is 5.75 Å². The third kappa shape index (κ3) is 4.28. The zero-order valence-corrected chi connectivity index (χ0v) is 17.7. The SMILES string of the molecule is COc1ccc(C(=O)C2CCCC(N3CCCCC3)C2=O)c(OC)c1OC.Cl. The second-order valence-corrected chi connectivity index (χ2v) is 7.24. The van der Waals surface area contributed by atoms with Crippen LogP contribution in [0.15, 0.2) is 12.1 Å². The van der Waals surface area contributed by atoms with Gasteiger partial charge >= 0.3 is 0 Å². The van der Waals surface area contributed by atoms with Crippen LogP contribution in [-0.4, -0.2) is 56.9 Å². The van der Waals surface area contributed by atoms with Crippen molar-refractivity contribution in [3.05, 3.63) is 17.7 Å². The number of methoxy groups -OCH3 is 3. The third-order valence-corrected chi connectivity index (χ3v) is 5.76. The highest BCUT2D eigenvalue weighted by molar-refractivity contribution is 6.14. The zero-order valence-electron chi connectivity index (χ0n) is 16.9. The van der Waals surface area contributed by atoms with Gasteiger partial charge in [-0.1, -0.05) is 12.8 Å². The van der Waals surface area contributed by atoms with Crippen LogP contribution in [0.1, 0.15) is 48.9 Å². The molecule has 1 aliphatic carbocycles. The highest BCUT2D eigenvalue weighted by atomic mass is 35.5. The molecule has 0 N–H and O–H groups in total. The molecule has 0 radical (unpaired) electrons. The van der Waals surface area contributed by atoms with Crippen molar-refractivity contribution < 1.29 is 23.8 Å². The number of ketones is 2. The molecule has 1 aromatic carbocycles. The van der Waals surface area contributed by atoms with Crippen molar-refractivity contribution in [1.82, 2.24) is 4.90 Å². The van der Waals surface area contributed by atoms with Crippen LogP contribution in [0.4, 0.5) is 0 Å². The van der Waals surface area contributed by atoms with E-state index in [1.807, 2.05) is 0 Å². The Morgan fingerprint density at radius 2 is 1.61 bits per heavy atom. The van der Waals surface area contributed by atoms with Crippen LogP contribution in [0.3, 0.4) is 0 Å². The summed E-state index contributed by atoms with van der Waals surface area (Å²) in [7, 11) is 4.53. The lowest BCUT2D eigenvalue weighted by atomic mass is 9.79. The maximum Gasteiger partial charge on any atom is 0.204 e. The summed E-state index contributed by atoms with van der Waals surface area (Å²) in [6.45, 7) is 1.91. The number of rotatable bonds is 6. The van der Waals surface area contributed by atoms with E-state index in [9.17, 15) is 9.59 Å². The Labute approximate surface area is 172 Å². The molecule has 0 amide bonds. The fourth-order valence-corrected chi connectivity index (χ4v) is 4.37. The summed E-state index contributed by atoms with van der Waals surface area (Å²) in [5.74, 6) is 0.464. The number of piperidine rings is 1. The molecule has 2 unspecified atom stereocenters. The lowest BCUT2D eigenvalue weighted by Crippen LogP contribution is -2.49. The van der Waals surface area contributed by atoms with Crippen LogP contribution in [-0.2, 0) is 4.79 Å². The maximum atomic E-state index is 13.3. The third-order valence-electron chi connectivity index (χ3n) is 5.76. The molecule has 0 bridgehead atoms. The molecule has 6 nitrogen and oxygen atoms in total. The highest BCUT2D eigenvalue weighted by Gasteiger charge is 2.40. The number of likely N-dealkylation sites (tertiary alicyclic amines) is 1. The molecular weight excluding hydrogens is 382 g/mol. The Bertz CT molecular complexity index is 702. The van der Waals surface area contributed by atoms with E-state index in [-0.39, 0.29) is 30.0 Å². The number of hydrogen-bond acceptors (Lipinski definition) is 6. The number of carbonyl (C=O) groups is 2. The first-order chi connectivity index (χ1) is 13.1. The number of hydrogen-bond donors (Lipinski definition) is 0. The summed E-state index contributed by atoms with van der Waals surface area (Å²) >= 11 is 0. The van der Waals surface area contributed by atoms with Crippen molar-refractivity contribution in [2.75, 3.05) is 34.4 Å². The topological polar surface area (TPSA) is 65.1 Å². The van der Waals surface area contributed by atoms with Crippen LogP contribution in [0.25, 0.3) is 0 Å². The lowest BCUT2D eigenvalue weighted by Gasteiger charge is -2.38. The first-order valence-electron chi connectivity index (χ1n) is 9.73. The summed E-state index contributed by atoms with van der Waals surface area (Å²) in [4.78, 5) is 28.7. The zero-order chi connectivity index (χ0) is 19.4. The van der Waals surface area contributed by atoms with Crippen molar-refractivity contribution in [3.8, 4) is 17.2 Å². The van der Waals surface area contributed by atoms with Crippen molar-refractivity contribution in [2.24, 2.45) is 5.92 Å². The van der Waals surface area contributed by atoms with E-state index in [0.29, 0.717) is 29.2 Å². The number of benzene rings is 1. The van der Waals surface area contributed by atoms with Crippen LogP contribution < -0.4 is 14.2 Å². The van der Waals surface area contributed by atoms with Crippen LogP contribution in [0, 0.1) is 5.92 Å². The second kappa shape index (κ2) is 10.1. The minimum Gasteiger partial charge on any atom is -0.493 e. The maximum absolute atomic E-state index is 13.3. The molecule has 28 heavy (non-hydrogen) atoms. The van der Waals surface area contributed by atoms with E-state index in [4.69, 9.17) is 14.2 Å². The van der Waals surface area contributed by atoms with E-state index < -0.39 is 5.92 Å². The number of carbonyl (C=O) groups excluding carboxylic acids is 2. The Kier molecular flexibility index (Phi) is 8.13. The van der Waals surface area contributed by atoms with E-state index in [0.717, 1.165) is 38.8 Å². The van der Waals surface area contributed by atoms with Gasteiger partial charge in [0, 0.05) is 0 Å². The van der Waals surface area contributed by atoms with Crippen molar-refractivity contribution in [3.63, 3.8) is 0 Å². The summed E-state index contributed by atoms with van der Waals surface area (Å²) in [5.41, 5.74) is 0.382. The molecule has 2 aliphatic rings. The summed E-state index contributed by atoms with van der Waals surface area (Å²) < 4.78 is 16.1. The molecule has 0 aromatic heterocycles. The van der Waals surface area contributed by atoms with Crippen molar-refractivity contribution >= 4 is 24.0 Å². The first kappa shape index (κ1) is 22.5. The smallest absolute Gasteiger partial charge is 0.204 e. The van der Waals surface area contributed by atoms with Gasteiger partial charge in [-0.05, 0) is 50.9 Å². The van der Waals surface area contributed by atoms with Gasteiger partial charge in [0.25, 0.3) is 0 Å². The number of ether oxygens (including phenoxy) is 3. The fourth-order valence-electron chi connectivity index (χ4n) is 4.37. The molecule has 1 saturated heterocycles. The van der Waals surface area contributed by atoms with Gasteiger partial charge in [-0.25, -0.2) is 0 Å². The Morgan fingerprint density at radius 1 is 0.929 bits per heavy atom. The average molecular weight is 412 g/mol. The summed E-state index contributed by atoms with van der Waals surface area (Å²) in [5, 5.41) is 0. The van der Waals surface area contributed by atoms with E-state index in [1.54, 1.807) is 12.1 Å². The standard InChI is InChI=1S/C21H29NO5.ClH/c1-25-17-11-10-15(20(26-2)21(17)27-3)18(23)14-8-7-9-16(19(14)24)22-12-5-4-6-13-22;/h10-11,14,16H,4-9,12-13H2,1-3H3;1H. The monoisotopic (exact) mass is 411 g/mol. The van der Waals surface area contributed by atoms with Gasteiger partial charge in [0.15, 0.2) is 23.1 Å². The summed E-state index contributed by atoms with van der Waals surface area (Å²) in [6.07, 6.45) is 5.82. The lowest BCUT2D eigenvalue weighted by molar-refractivity contribution is -0.129. The van der Waals surface area contributed by atoms with E-state index >= 15 is 0 Å². The molecule has 0 spiro atoms. The van der Waals surface area contributed by atoms with Gasteiger partial charge < -0.3 is 14.2 Å². The van der Waals surface area contributed by atoms with Crippen LogP contribution in [0.5, 0.6) is 17.2 Å². The largest absolute Gasteiger partial charge is 0.493 e. The Hall–Kier alpha value is -1.79. The predicted molar refractivity (Wildman–Crippen MR) is 109 cm³/mol. The fraction of sp³-hybridized carbons (Fsp3) is 0.619.